The molecule has 3 aromatic rings. The van der Waals surface area contributed by atoms with Crippen LogP contribution < -0.4 is 5.32 Å². The van der Waals surface area contributed by atoms with Crippen molar-refractivity contribution in [2.24, 2.45) is 0 Å². The van der Waals surface area contributed by atoms with E-state index in [1.807, 2.05) is 6.20 Å². The van der Waals surface area contributed by atoms with E-state index in [1.165, 1.54) is 33.9 Å². The van der Waals surface area contributed by atoms with Crippen LogP contribution in [-0.2, 0) is 17.9 Å². The fourth-order valence-corrected chi connectivity index (χ4v) is 3.70. The van der Waals surface area contributed by atoms with Gasteiger partial charge in [-0.1, -0.05) is 24.8 Å². The van der Waals surface area contributed by atoms with Crippen molar-refractivity contribution in [2.45, 2.75) is 20.0 Å². The second kappa shape index (κ2) is 6.77. The Morgan fingerprint density at radius 3 is 3.00 bits per heavy atom. The third kappa shape index (κ3) is 3.02. The predicted molar refractivity (Wildman–Crippen MR) is 104 cm³/mol. The van der Waals surface area contributed by atoms with Gasteiger partial charge in [-0.15, -0.1) is 0 Å². The first kappa shape index (κ1) is 16.5. The summed E-state index contributed by atoms with van der Waals surface area (Å²) in [6, 6.07) is 10.9. The number of fused-ring (bicyclic) bond motifs is 2. The van der Waals surface area contributed by atoms with Crippen LogP contribution in [0.25, 0.3) is 22.0 Å². The number of nitrogens with zero attached hydrogens (tertiary/aromatic N) is 2. The van der Waals surface area contributed by atoms with E-state index in [-0.39, 0.29) is 5.91 Å². The van der Waals surface area contributed by atoms with Gasteiger partial charge in [-0.25, -0.2) is 0 Å². The highest BCUT2D eigenvalue weighted by Gasteiger charge is 2.20. The zero-order chi connectivity index (χ0) is 18.1. The number of aromatic nitrogens is 2. The van der Waals surface area contributed by atoms with Gasteiger partial charge >= 0.3 is 0 Å². The van der Waals surface area contributed by atoms with E-state index in [9.17, 15) is 4.79 Å². The largest absolute Gasteiger partial charge is 0.351 e. The van der Waals surface area contributed by atoms with Crippen LogP contribution in [0.4, 0.5) is 0 Å². The van der Waals surface area contributed by atoms with E-state index >= 15 is 0 Å². The van der Waals surface area contributed by atoms with Crippen molar-refractivity contribution in [3.63, 3.8) is 0 Å². The van der Waals surface area contributed by atoms with E-state index in [1.54, 1.807) is 0 Å². The molecule has 0 saturated carbocycles. The molecule has 2 aromatic carbocycles. The molecule has 5 heteroatoms. The molecule has 0 bridgehead atoms. The van der Waals surface area contributed by atoms with Crippen molar-refractivity contribution >= 4 is 16.8 Å². The first-order valence-corrected chi connectivity index (χ1v) is 8.83. The second-order valence-corrected chi connectivity index (χ2v) is 6.78. The molecule has 0 unspecified atom stereocenters. The van der Waals surface area contributed by atoms with Crippen LogP contribution in [0.3, 0.4) is 0 Å². The molecule has 0 saturated heterocycles. The van der Waals surface area contributed by atoms with Crippen molar-refractivity contribution < 1.29 is 4.79 Å². The third-order valence-corrected chi connectivity index (χ3v) is 5.03. The highest BCUT2D eigenvalue weighted by molar-refractivity contribution is 5.96. The monoisotopic (exact) mass is 346 g/mol. The zero-order valence-corrected chi connectivity index (χ0v) is 14.9. The van der Waals surface area contributed by atoms with Crippen LogP contribution in [-0.4, -0.2) is 34.1 Å². The van der Waals surface area contributed by atoms with E-state index in [0.29, 0.717) is 6.54 Å². The number of hydrogen-bond acceptors (Lipinski definition) is 3. The quantitative estimate of drug-likeness (QED) is 0.698. The Morgan fingerprint density at radius 2 is 2.15 bits per heavy atom. The number of amides is 1. The minimum atomic E-state index is -0.118. The zero-order valence-electron chi connectivity index (χ0n) is 14.9. The maximum absolute atomic E-state index is 11.3. The smallest absolute Gasteiger partial charge is 0.243 e. The molecule has 2 heterocycles. The van der Waals surface area contributed by atoms with Crippen LogP contribution in [0.2, 0.25) is 0 Å². The summed E-state index contributed by atoms with van der Waals surface area (Å²) < 4.78 is 0. The van der Waals surface area contributed by atoms with E-state index in [0.717, 1.165) is 30.5 Å². The Morgan fingerprint density at radius 1 is 1.31 bits per heavy atom. The highest BCUT2D eigenvalue weighted by Crippen LogP contribution is 2.34. The summed E-state index contributed by atoms with van der Waals surface area (Å²) in [4.78, 5) is 13.6. The van der Waals surface area contributed by atoms with Crippen LogP contribution in [0, 0.1) is 6.92 Å². The van der Waals surface area contributed by atoms with Gasteiger partial charge in [0.1, 0.15) is 0 Å². The average Bonchev–Trinajstić information content (AvgIpc) is 3.27. The van der Waals surface area contributed by atoms with Gasteiger partial charge < -0.3 is 5.32 Å². The Kier molecular flexibility index (Phi) is 4.31. The molecule has 2 N–H and O–H groups in total. The summed E-state index contributed by atoms with van der Waals surface area (Å²) in [6.07, 6.45) is 3.21. The number of nitrogens with one attached hydrogen (secondary N) is 2. The lowest BCUT2D eigenvalue weighted by Crippen LogP contribution is -2.31. The van der Waals surface area contributed by atoms with Crippen LogP contribution in [0.15, 0.2) is 49.2 Å². The Hall–Kier alpha value is -2.92. The number of hydrogen-bond donors (Lipinski definition) is 2. The van der Waals surface area contributed by atoms with Gasteiger partial charge in [-0.05, 0) is 52.9 Å². The summed E-state index contributed by atoms with van der Waals surface area (Å²) >= 11 is 0. The van der Waals surface area contributed by atoms with Gasteiger partial charge in [0, 0.05) is 31.6 Å². The fraction of sp³-hybridized carbons (Fsp3) is 0.238. The normalized spacial score (nSPS) is 13.7. The number of H-pyrrole nitrogens is 1. The number of carbonyl (C=O) groups is 1. The molecule has 5 nitrogen and oxygen atoms in total. The van der Waals surface area contributed by atoms with Crippen molar-refractivity contribution in [2.75, 3.05) is 13.1 Å². The molecular formula is C21H22N4O. The van der Waals surface area contributed by atoms with Gasteiger partial charge in [0.05, 0.1) is 11.7 Å². The first-order chi connectivity index (χ1) is 12.7. The van der Waals surface area contributed by atoms with Crippen molar-refractivity contribution in [1.82, 2.24) is 20.4 Å². The molecular weight excluding hydrogens is 324 g/mol. The predicted octanol–water partition coefficient (Wildman–Crippen LogP) is 3.16. The molecule has 1 aliphatic rings. The van der Waals surface area contributed by atoms with Gasteiger partial charge in [0.15, 0.2) is 0 Å². The summed E-state index contributed by atoms with van der Waals surface area (Å²) in [5.41, 5.74) is 7.51. The molecule has 1 aliphatic heterocycles. The van der Waals surface area contributed by atoms with Gasteiger partial charge in [-0.3, -0.25) is 14.8 Å². The highest BCUT2D eigenvalue weighted by atomic mass is 16.1. The van der Waals surface area contributed by atoms with E-state index < -0.39 is 0 Å². The molecule has 4 rings (SSSR count). The molecule has 0 aliphatic carbocycles. The van der Waals surface area contributed by atoms with Gasteiger partial charge in [-0.2, -0.15) is 5.10 Å². The summed E-state index contributed by atoms with van der Waals surface area (Å²) in [6.45, 7) is 8.92. The number of carbonyl (C=O) groups excluding carboxylic acids is 1. The number of aromatic amines is 1. The van der Waals surface area contributed by atoms with E-state index in [4.69, 9.17) is 0 Å². The summed E-state index contributed by atoms with van der Waals surface area (Å²) in [5.74, 6) is -0.118. The van der Waals surface area contributed by atoms with Crippen LogP contribution in [0.5, 0.6) is 0 Å². The molecule has 0 spiro atoms. The topological polar surface area (TPSA) is 61.0 Å². The molecule has 1 aromatic heterocycles. The molecule has 0 radical (unpaired) electrons. The Bertz CT molecular complexity index is 989. The maximum Gasteiger partial charge on any atom is 0.243 e. The van der Waals surface area contributed by atoms with Crippen molar-refractivity contribution in [3.05, 3.63) is 65.9 Å². The van der Waals surface area contributed by atoms with Crippen molar-refractivity contribution in [3.8, 4) is 11.1 Å². The SMILES string of the molecule is C=CC(=O)NCCN1Cc2ccc(-c3c(C)ccc4[nH]ncc34)cc2C1. The summed E-state index contributed by atoms with van der Waals surface area (Å²) in [5, 5.41) is 11.2. The van der Waals surface area contributed by atoms with E-state index in [2.05, 4.69) is 64.2 Å². The number of rotatable bonds is 5. The summed E-state index contributed by atoms with van der Waals surface area (Å²) in [7, 11) is 0. The van der Waals surface area contributed by atoms with Gasteiger partial charge in [0.25, 0.3) is 0 Å². The lowest BCUT2D eigenvalue weighted by atomic mass is 9.94. The lowest BCUT2D eigenvalue weighted by molar-refractivity contribution is -0.116. The Labute approximate surface area is 152 Å². The molecule has 132 valence electrons. The minimum absolute atomic E-state index is 0.118. The molecule has 26 heavy (non-hydrogen) atoms. The number of aryl methyl sites for hydroxylation is 1. The fourth-order valence-electron chi connectivity index (χ4n) is 3.70. The minimum Gasteiger partial charge on any atom is -0.351 e. The maximum atomic E-state index is 11.3. The van der Waals surface area contributed by atoms with Crippen LogP contribution in [0.1, 0.15) is 16.7 Å². The van der Waals surface area contributed by atoms with Gasteiger partial charge in [0.2, 0.25) is 5.91 Å². The average molecular weight is 346 g/mol. The Balaban J connectivity index is 1.55. The van der Waals surface area contributed by atoms with Crippen molar-refractivity contribution in [1.29, 1.82) is 0 Å². The van der Waals surface area contributed by atoms with Crippen LogP contribution >= 0.6 is 0 Å². The molecule has 0 atom stereocenters. The standard InChI is InChI=1S/C21H22N4O/c1-3-20(26)22-8-9-25-12-16-6-5-15(10-17(16)13-25)21-14(2)4-7-19-18(21)11-23-24-19/h3-7,10-11H,1,8-9,12-13H2,2H3,(H,22,26)(H,23,24). The lowest BCUT2D eigenvalue weighted by Gasteiger charge is -2.14. The second-order valence-electron chi connectivity index (χ2n) is 6.78. The number of benzene rings is 2. The first-order valence-electron chi connectivity index (χ1n) is 8.83. The third-order valence-electron chi connectivity index (χ3n) is 5.03. The molecule has 0 fully saturated rings. The molecule has 1 amide bonds.